The molecule has 1 amide bonds. The first-order chi connectivity index (χ1) is 11.0. The van der Waals surface area contributed by atoms with E-state index in [4.69, 9.17) is 0 Å². The number of carbonyl (C=O) groups excluding carboxylic acids is 1. The van der Waals surface area contributed by atoms with Crippen LogP contribution >= 0.6 is 0 Å². The van der Waals surface area contributed by atoms with Crippen LogP contribution in [-0.2, 0) is 4.79 Å². The van der Waals surface area contributed by atoms with Crippen molar-refractivity contribution in [3.63, 3.8) is 0 Å². The van der Waals surface area contributed by atoms with Crippen molar-refractivity contribution in [2.24, 2.45) is 0 Å². The van der Waals surface area contributed by atoms with Crippen LogP contribution in [0.1, 0.15) is 47.0 Å². The van der Waals surface area contributed by atoms with Gasteiger partial charge in [0.1, 0.15) is 5.82 Å². The molecule has 1 fully saturated rings. The third kappa shape index (κ3) is 5.29. The van der Waals surface area contributed by atoms with E-state index in [1.807, 2.05) is 12.3 Å². The lowest BCUT2D eigenvalue weighted by Gasteiger charge is -2.36. The zero-order valence-electron chi connectivity index (χ0n) is 14.9. The van der Waals surface area contributed by atoms with Gasteiger partial charge in [0.05, 0.1) is 6.54 Å². The lowest BCUT2D eigenvalue weighted by molar-refractivity contribution is -0.117. The predicted molar refractivity (Wildman–Crippen MR) is 96.8 cm³/mol. The fourth-order valence-electron chi connectivity index (χ4n) is 2.83. The second kappa shape index (κ2) is 8.41. The van der Waals surface area contributed by atoms with Gasteiger partial charge in [0, 0.05) is 39.8 Å². The maximum atomic E-state index is 12.2. The van der Waals surface area contributed by atoms with Crippen molar-refractivity contribution in [2.45, 2.75) is 46.1 Å². The molecule has 1 aliphatic rings. The maximum absolute atomic E-state index is 12.2. The average molecular weight is 320 g/mol. The standard InChI is InChI=1S/C18H30N4O.H2/c1-5-15(4)16-6-7-17(19-12-16)20-18(23)13-21-8-10-22(11-9-21)14(2)3;/h6-7,12,14-15H,5,8-11,13H2,1-4H3,(H,19,20,23);1H. The molecule has 130 valence electrons. The largest absolute Gasteiger partial charge is 0.310 e. The van der Waals surface area contributed by atoms with E-state index in [-0.39, 0.29) is 7.33 Å². The summed E-state index contributed by atoms with van der Waals surface area (Å²) in [4.78, 5) is 21.2. The molecule has 23 heavy (non-hydrogen) atoms. The SMILES string of the molecule is CCC(C)c1ccc(NC(=O)CN2CCN(C(C)C)CC2)nc1.[HH]. The summed E-state index contributed by atoms with van der Waals surface area (Å²) < 4.78 is 0. The van der Waals surface area contributed by atoms with Crippen molar-refractivity contribution >= 4 is 11.7 Å². The molecule has 1 aromatic rings. The highest BCUT2D eigenvalue weighted by Crippen LogP contribution is 2.18. The van der Waals surface area contributed by atoms with Crippen LogP contribution in [0.4, 0.5) is 5.82 Å². The van der Waals surface area contributed by atoms with Crippen LogP contribution < -0.4 is 5.32 Å². The van der Waals surface area contributed by atoms with Crippen molar-refractivity contribution in [1.82, 2.24) is 14.8 Å². The van der Waals surface area contributed by atoms with Crippen LogP contribution in [0.3, 0.4) is 0 Å². The first-order valence-corrected chi connectivity index (χ1v) is 8.71. The third-order valence-corrected chi connectivity index (χ3v) is 4.74. The number of aromatic nitrogens is 1. The number of nitrogens with zero attached hydrogens (tertiary/aromatic N) is 3. The second-order valence-electron chi connectivity index (χ2n) is 6.74. The first kappa shape index (κ1) is 17.9. The topological polar surface area (TPSA) is 48.5 Å². The molecular weight excluding hydrogens is 288 g/mol. The Morgan fingerprint density at radius 2 is 1.96 bits per heavy atom. The quantitative estimate of drug-likeness (QED) is 0.875. The number of amides is 1. The molecule has 0 aliphatic carbocycles. The molecule has 5 heteroatoms. The number of carbonyl (C=O) groups is 1. The molecule has 2 rings (SSSR count). The highest BCUT2D eigenvalue weighted by molar-refractivity contribution is 5.91. The van der Waals surface area contributed by atoms with Crippen molar-refractivity contribution in [1.29, 1.82) is 0 Å². The average Bonchev–Trinajstić information content (AvgIpc) is 2.55. The zero-order valence-corrected chi connectivity index (χ0v) is 14.9. The zero-order chi connectivity index (χ0) is 16.8. The van der Waals surface area contributed by atoms with E-state index < -0.39 is 0 Å². The lowest BCUT2D eigenvalue weighted by Crippen LogP contribution is -2.50. The number of pyridine rings is 1. The normalized spacial score (nSPS) is 18.1. The van der Waals surface area contributed by atoms with Gasteiger partial charge in [-0.3, -0.25) is 14.6 Å². The van der Waals surface area contributed by atoms with Crippen LogP contribution in [0, 0.1) is 0 Å². The van der Waals surface area contributed by atoms with Gasteiger partial charge in [-0.1, -0.05) is 19.9 Å². The minimum absolute atomic E-state index is 0. The van der Waals surface area contributed by atoms with Gasteiger partial charge in [0.2, 0.25) is 5.91 Å². The van der Waals surface area contributed by atoms with Crippen molar-refractivity contribution in [3.05, 3.63) is 23.9 Å². The minimum Gasteiger partial charge on any atom is -0.310 e. The summed E-state index contributed by atoms with van der Waals surface area (Å²) >= 11 is 0. The van der Waals surface area contributed by atoms with Crippen LogP contribution in [0.25, 0.3) is 0 Å². The van der Waals surface area contributed by atoms with Crippen LogP contribution in [0.2, 0.25) is 0 Å². The molecule has 1 aromatic heterocycles. The van der Waals surface area contributed by atoms with Gasteiger partial charge in [-0.25, -0.2) is 4.98 Å². The van der Waals surface area contributed by atoms with Gasteiger partial charge in [0.15, 0.2) is 0 Å². The Morgan fingerprint density at radius 3 is 2.48 bits per heavy atom. The van der Waals surface area contributed by atoms with Gasteiger partial charge in [-0.15, -0.1) is 0 Å². The Morgan fingerprint density at radius 1 is 1.26 bits per heavy atom. The molecule has 1 unspecified atom stereocenters. The second-order valence-corrected chi connectivity index (χ2v) is 6.74. The fraction of sp³-hybridized carbons (Fsp3) is 0.667. The Hall–Kier alpha value is -1.46. The molecule has 0 bridgehead atoms. The van der Waals surface area contributed by atoms with Crippen LogP contribution in [0.5, 0.6) is 0 Å². The van der Waals surface area contributed by atoms with Crippen molar-refractivity contribution < 1.29 is 6.22 Å². The smallest absolute Gasteiger partial charge is 0.239 e. The summed E-state index contributed by atoms with van der Waals surface area (Å²) in [5.74, 6) is 1.17. The highest BCUT2D eigenvalue weighted by Gasteiger charge is 2.20. The van der Waals surface area contributed by atoms with E-state index >= 15 is 0 Å². The van der Waals surface area contributed by atoms with Crippen molar-refractivity contribution in [2.75, 3.05) is 38.0 Å². The number of hydrogen-bond donors (Lipinski definition) is 1. The lowest BCUT2D eigenvalue weighted by atomic mass is 10.0. The number of hydrogen-bond acceptors (Lipinski definition) is 4. The summed E-state index contributed by atoms with van der Waals surface area (Å²) in [7, 11) is 0. The van der Waals surface area contributed by atoms with Gasteiger partial charge >= 0.3 is 0 Å². The summed E-state index contributed by atoms with van der Waals surface area (Å²) in [5, 5.41) is 2.90. The Labute approximate surface area is 141 Å². The van der Waals surface area contributed by atoms with Gasteiger partial charge in [-0.2, -0.15) is 0 Å². The Bertz CT molecular complexity index is 498. The summed E-state index contributed by atoms with van der Waals surface area (Å²) in [5.41, 5.74) is 1.22. The van der Waals surface area contributed by atoms with Gasteiger partial charge in [0.25, 0.3) is 0 Å². The number of piperazine rings is 1. The Balaban J connectivity index is 0.00000288. The summed E-state index contributed by atoms with van der Waals surface area (Å²) in [6.45, 7) is 13.2. The molecule has 1 saturated heterocycles. The van der Waals surface area contributed by atoms with E-state index in [1.54, 1.807) is 0 Å². The van der Waals surface area contributed by atoms with E-state index in [2.05, 4.69) is 53.9 Å². The molecule has 2 heterocycles. The summed E-state index contributed by atoms with van der Waals surface area (Å²) in [6, 6.07) is 4.54. The number of nitrogens with one attached hydrogen (secondary N) is 1. The molecule has 1 N–H and O–H groups in total. The van der Waals surface area contributed by atoms with Crippen LogP contribution in [0.15, 0.2) is 18.3 Å². The van der Waals surface area contributed by atoms with Crippen LogP contribution in [-0.4, -0.2) is 59.5 Å². The molecule has 1 atom stereocenters. The molecule has 1 aliphatic heterocycles. The van der Waals surface area contributed by atoms with E-state index in [0.717, 1.165) is 32.6 Å². The Kier molecular flexibility index (Phi) is 6.54. The van der Waals surface area contributed by atoms with Crippen molar-refractivity contribution in [3.8, 4) is 0 Å². The van der Waals surface area contributed by atoms with E-state index in [0.29, 0.717) is 24.3 Å². The minimum atomic E-state index is 0. The number of anilines is 1. The maximum Gasteiger partial charge on any atom is 0.239 e. The van der Waals surface area contributed by atoms with Gasteiger partial charge < -0.3 is 5.32 Å². The number of rotatable bonds is 6. The first-order valence-electron chi connectivity index (χ1n) is 8.71. The van der Waals surface area contributed by atoms with E-state index in [9.17, 15) is 4.79 Å². The molecule has 0 radical (unpaired) electrons. The monoisotopic (exact) mass is 320 g/mol. The predicted octanol–water partition coefficient (Wildman–Crippen LogP) is 2.81. The molecule has 0 aromatic carbocycles. The molecule has 0 spiro atoms. The fourth-order valence-corrected chi connectivity index (χ4v) is 2.83. The summed E-state index contributed by atoms with van der Waals surface area (Å²) in [6.07, 6.45) is 2.96. The third-order valence-electron chi connectivity index (χ3n) is 4.74. The molecule has 0 saturated carbocycles. The van der Waals surface area contributed by atoms with Gasteiger partial charge in [-0.05, 0) is 37.8 Å². The molecular formula is C18H32N4O. The highest BCUT2D eigenvalue weighted by atomic mass is 16.2. The molecule has 5 nitrogen and oxygen atoms in total. The van der Waals surface area contributed by atoms with E-state index in [1.165, 1.54) is 5.56 Å².